The lowest BCUT2D eigenvalue weighted by Gasteiger charge is -2.59. The number of amides is 1. The van der Waals surface area contributed by atoms with E-state index in [4.69, 9.17) is 11.6 Å². The standard InChI is InChI=1S/C25H23ClFN3O/c26-23-19(8-5-13-28-23)17-29-14-11-25(12-15-29)22(18-6-2-1-3-7-18)30(24(25)31)21-10-4-9-20(27)16-21/h1-10,13,16,22H,11-12,14-15,17H2. The Morgan fingerprint density at radius 3 is 2.52 bits per heavy atom. The van der Waals surface area contributed by atoms with Gasteiger partial charge in [0.25, 0.3) is 0 Å². The summed E-state index contributed by atoms with van der Waals surface area (Å²) in [6.07, 6.45) is 3.21. The van der Waals surface area contributed by atoms with Gasteiger partial charge in [-0.3, -0.25) is 9.69 Å². The number of anilines is 1. The Bertz CT molecular complexity index is 1100. The van der Waals surface area contributed by atoms with Crippen LogP contribution in [0.4, 0.5) is 10.1 Å². The molecule has 158 valence electrons. The highest BCUT2D eigenvalue weighted by atomic mass is 35.5. The van der Waals surface area contributed by atoms with Gasteiger partial charge in [0.1, 0.15) is 11.0 Å². The summed E-state index contributed by atoms with van der Waals surface area (Å²) in [5.74, 6) is -0.243. The first-order chi connectivity index (χ1) is 15.1. The number of rotatable bonds is 4. The van der Waals surface area contributed by atoms with E-state index in [9.17, 15) is 9.18 Å². The molecular weight excluding hydrogens is 413 g/mol. The Morgan fingerprint density at radius 1 is 1.03 bits per heavy atom. The molecule has 0 radical (unpaired) electrons. The SMILES string of the molecule is O=C1N(c2cccc(F)c2)C(c2ccccc2)C12CCN(Cc1cccnc1Cl)CC2. The molecule has 3 heterocycles. The van der Waals surface area contributed by atoms with Crippen molar-refractivity contribution in [2.75, 3.05) is 18.0 Å². The van der Waals surface area contributed by atoms with E-state index < -0.39 is 5.41 Å². The Hall–Kier alpha value is -2.76. The van der Waals surface area contributed by atoms with Gasteiger partial charge in [0.15, 0.2) is 0 Å². The van der Waals surface area contributed by atoms with Crippen LogP contribution >= 0.6 is 11.6 Å². The number of halogens is 2. The largest absolute Gasteiger partial charge is 0.303 e. The molecule has 0 saturated carbocycles. The van der Waals surface area contributed by atoms with Gasteiger partial charge in [-0.2, -0.15) is 0 Å². The Kier molecular flexibility index (Phi) is 5.24. The van der Waals surface area contributed by atoms with Crippen molar-refractivity contribution in [2.24, 2.45) is 5.41 Å². The zero-order chi connectivity index (χ0) is 21.4. The summed E-state index contributed by atoms with van der Waals surface area (Å²) < 4.78 is 13.9. The van der Waals surface area contributed by atoms with Gasteiger partial charge in [0.05, 0.1) is 11.5 Å². The lowest BCUT2D eigenvalue weighted by molar-refractivity contribution is -0.145. The first-order valence-electron chi connectivity index (χ1n) is 10.5. The molecule has 4 nitrogen and oxygen atoms in total. The first kappa shape index (κ1) is 20.2. The second-order valence-electron chi connectivity index (χ2n) is 8.35. The lowest BCUT2D eigenvalue weighted by Crippen LogP contribution is -2.66. The molecule has 2 aromatic carbocycles. The van der Waals surface area contributed by atoms with Crippen molar-refractivity contribution in [3.63, 3.8) is 0 Å². The smallest absolute Gasteiger partial charge is 0.236 e. The van der Waals surface area contributed by atoms with E-state index >= 15 is 0 Å². The normalized spacial score (nSPS) is 20.6. The van der Waals surface area contributed by atoms with Crippen LogP contribution in [0.1, 0.15) is 30.0 Å². The number of carbonyl (C=O) groups excluding carboxylic acids is 1. The molecule has 1 aromatic heterocycles. The van der Waals surface area contributed by atoms with Gasteiger partial charge in [-0.25, -0.2) is 9.37 Å². The van der Waals surface area contributed by atoms with Crippen molar-refractivity contribution in [1.29, 1.82) is 0 Å². The van der Waals surface area contributed by atoms with Gasteiger partial charge in [0, 0.05) is 24.0 Å². The summed E-state index contributed by atoms with van der Waals surface area (Å²) in [5, 5.41) is 0.530. The summed E-state index contributed by atoms with van der Waals surface area (Å²) in [6, 6.07) is 20.2. The van der Waals surface area contributed by atoms with Gasteiger partial charge in [0.2, 0.25) is 5.91 Å². The fourth-order valence-electron chi connectivity index (χ4n) is 5.03. The molecule has 2 aliphatic rings. The number of hydrogen-bond donors (Lipinski definition) is 0. The molecule has 2 saturated heterocycles. The Balaban J connectivity index is 1.40. The average molecular weight is 436 g/mol. The molecule has 1 unspecified atom stereocenters. The Labute approximate surface area is 186 Å². The van der Waals surface area contributed by atoms with Crippen molar-refractivity contribution in [1.82, 2.24) is 9.88 Å². The quantitative estimate of drug-likeness (QED) is 0.415. The minimum absolute atomic E-state index is 0.0889. The third kappa shape index (κ3) is 3.52. The van der Waals surface area contributed by atoms with Crippen LogP contribution in [-0.4, -0.2) is 28.9 Å². The molecule has 31 heavy (non-hydrogen) atoms. The van der Waals surface area contributed by atoms with E-state index in [0.717, 1.165) is 43.6 Å². The van der Waals surface area contributed by atoms with Crippen molar-refractivity contribution >= 4 is 23.2 Å². The molecule has 1 amide bonds. The average Bonchev–Trinajstić information content (AvgIpc) is 2.79. The van der Waals surface area contributed by atoms with Gasteiger partial charge in [-0.1, -0.05) is 54.1 Å². The van der Waals surface area contributed by atoms with Crippen LogP contribution < -0.4 is 4.90 Å². The van der Waals surface area contributed by atoms with E-state index in [1.165, 1.54) is 12.1 Å². The highest BCUT2D eigenvalue weighted by Crippen LogP contribution is 2.57. The molecule has 0 aliphatic carbocycles. The molecule has 1 spiro atoms. The number of carbonyl (C=O) groups is 1. The second-order valence-corrected chi connectivity index (χ2v) is 8.71. The van der Waals surface area contributed by atoms with Crippen LogP contribution in [0, 0.1) is 11.2 Å². The maximum atomic E-state index is 13.9. The minimum atomic E-state index is -0.455. The molecular formula is C25H23ClFN3O. The van der Waals surface area contributed by atoms with Crippen LogP contribution in [0.5, 0.6) is 0 Å². The predicted octanol–water partition coefficient (Wildman–Crippen LogP) is 5.24. The van der Waals surface area contributed by atoms with Crippen LogP contribution in [0.25, 0.3) is 0 Å². The van der Waals surface area contributed by atoms with E-state index in [2.05, 4.69) is 22.0 Å². The zero-order valence-corrected chi connectivity index (χ0v) is 17.8. The predicted molar refractivity (Wildman–Crippen MR) is 119 cm³/mol. The third-order valence-corrected chi connectivity index (χ3v) is 6.95. The molecule has 6 heteroatoms. The molecule has 1 atom stereocenters. The number of hydrogen-bond acceptors (Lipinski definition) is 3. The number of aromatic nitrogens is 1. The van der Waals surface area contributed by atoms with E-state index in [0.29, 0.717) is 10.8 Å². The summed E-state index contributed by atoms with van der Waals surface area (Å²) in [5.41, 5.74) is 2.26. The first-order valence-corrected chi connectivity index (χ1v) is 10.9. The van der Waals surface area contributed by atoms with E-state index in [1.807, 2.05) is 36.4 Å². The van der Waals surface area contributed by atoms with Crippen LogP contribution in [0.15, 0.2) is 72.9 Å². The van der Waals surface area contributed by atoms with E-state index in [1.54, 1.807) is 17.2 Å². The highest BCUT2D eigenvalue weighted by Gasteiger charge is 2.61. The van der Waals surface area contributed by atoms with Crippen LogP contribution in [0.3, 0.4) is 0 Å². The van der Waals surface area contributed by atoms with Crippen molar-refractivity contribution < 1.29 is 9.18 Å². The number of piperidine rings is 1. The molecule has 2 aliphatic heterocycles. The van der Waals surface area contributed by atoms with Gasteiger partial charge in [-0.05, 0) is 55.8 Å². The maximum absolute atomic E-state index is 13.9. The molecule has 0 N–H and O–H groups in total. The number of pyridine rings is 1. The summed E-state index contributed by atoms with van der Waals surface area (Å²) in [4.78, 5) is 21.8. The van der Waals surface area contributed by atoms with Crippen molar-refractivity contribution in [3.05, 3.63) is 95.0 Å². The summed E-state index contributed by atoms with van der Waals surface area (Å²) in [6.45, 7) is 2.33. The number of likely N-dealkylation sites (tertiary alicyclic amines) is 1. The maximum Gasteiger partial charge on any atom is 0.236 e. The fraction of sp³-hybridized carbons (Fsp3) is 0.280. The fourth-order valence-corrected chi connectivity index (χ4v) is 5.21. The number of benzene rings is 2. The molecule has 0 bridgehead atoms. The monoisotopic (exact) mass is 435 g/mol. The van der Waals surface area contributed by atoms with Crippen molar-refractivity contribution in [2.45, 2.75) is 25.4 Å². The Morgan fingerprint density at radius 2 is 1.81 bits per heavy atom. The molecule has 2 fully saturated rings. The number of nitrogens with zero attached hydrogens (tertiary/aromatic N) is 3. The minimum Gasteiger partial charge on any atom is -0.303 e. The highest BCUT2D eigenvalue weighted by molar-refractivity contribution is 6.30. The second kappa shape index (κ2) is 8.06. The number of β-lactam (4-membered cyclic amide) rings is 1. The van der Waals surface area contributed by atoms with Gasteiger partial charge in [-0.15, -0.1) is 0 Å². The van der Waals surface area contributed by atoms with Gasteiger partial charge >= 0.3 is 0 Å². The van der Waals surface area contributed by atoms with Crippen LogP contribution in [0.2, 0.25) is 5.15 Å². The van der Waals surface area contributed by atoms with E-state index in [-0.39, 0.29) is 17.8 Å². The van der Waals surface area contributed by atoms with Crippen LogP contribution in [-0.2, 0) is 11.3 Å². The molecule has 5 rings (SSSR count). The third-order valence-electron chi connectivity index (χ3n) is 6.61. The van der Waals surface area contributed by atoms with Crippen molar-refractivity contribution in [3.8, 4) is 0 Å². The summed E-state index contributed by atoms with van der Waals surface area (Å²) in [7, 11) is 0. The van der Waals surface area contributed by atoms with Gasteiger partial charge < -0.3 is 4.90 Å². The topological polar surface area (TPSA) is 36.4 Å². The lowest BCUT2D eigenvalue weighted by atomic mass is 9.62. The molecule has 3 aromatic rings. The summed E-state index contributed by atoms with van der Waals surface area (Å²) >= 11 is 6.23. The zero-order valence-electron chi connectivity index (χ0n) is 17.0.